The standard InChI is InChI=1S/C19H21ClN4O/c1-13-3-5-17(20)16-4-6-18(21-19(13)16)24-9-7-23(8-10-24)12-15-11-14(2)25-22-15/h3-6,11H,7-10,12H2,1-2H3. The average molecular weight is 357 g/mol. The van der Waals surface area contributed by atoms with Crippen molar-refractivity contribution in [2.75, 3.05) is 31.1 Å². The number of nitrogens with zero attached hydrogens (tertiary/aromatic N) is 4. The molecule has 0 spiro atoms. The fourth-order valence-electron chi connectivity index (χ4n) is 3.34. The van der Waals surface area contributed by atoms with Gasteiger partial charge in [-0.15, -0.1) is 0 Å². The number of halogens is 1. The minimum atomic E-state index is 0.757. The van der Waals surface area contributed by atoms with Crippen LogP contribution in [-0.4, -0.2) is 41.2 Å². The molecule has 0 bridgehead atoms. The highest BCUT2D eigenvalue weighted by Gasteiger charge is 2.19. The zero-order chi connectivity index (χ0) is 17.4. The van der Waals surface area contributed by atoms with Gasteiger partial charge in [-0.3, -0.25) is 4.90 Å². The fraction of sp³-hybridized carbons (Fsp3) is 0.368. The topological polar surface area (TPSA) is 45.4 Å². The van der Waals surface area contributed by atoms with Gasteiger partial charge < -0.3 is 9.42 Å². The summed E-state index contributed by atoms with van der Waals surface area (Å²) in [7, 11) is 0. The first-order valence-corrected chi connectivity index (χ1v) is 8.93. The molecule has 0 saturated carbocycles. The van der Waals surface area contributed by atoms with Crippen LogP contribution in [0.1, 0.15) is 17.0 Å². The van der Waals surface area contributed by atoms with E-state index in [9.17, 15) is 0 Å². The molecule has 2 aromatic heterocycles. The molecule has 0 aliphatic carbocycles. The van der Waals surface area contributed by atoms with Crippen LogP contribution in [0.15, 0.2) is 34.9 Å². The Bertz CT molecular complexity index is 900. The molecular weight excluding hydrogens is 336 g/mol. The lowest BCUT2D eigenvalue weighted by Crippen LogP contribution is -2.46. The second kappa shape index (κ2) is 6.65. The van der Waals surface area contributed by atoms with Crippen LogP contribution in [0.2, 0.25) is 5.02 Å². The molecule has 5 nitrogen and oxygen atoms in total. The van der Waals surface area contributed by atoms with Gasteiger partial charge in [0.15, 0.2) is 0 Å². The number of aromatic nitrogens is 2. The van der Waals surface area contributed by atoms with Gasteiger partial charge in [0.1, 0.15) is 11.6 Å². The van der Waals surface area contributed by atoms with Gasteiger partial charge in [-0.05, 0) is 37.6 Å². The molecule has 1 aliphatic heterocycles. The van der Waals surface area contributed by atoms with Crippen molar-refractivity contribution in [2.45, 2.75) is 20.4 Å². The van der Waals surface area contributed by atoms with Crippen molar-refractivity contribution in [1.29, 1.82) is 0 Å². The normalized spacial score (nSPS) is 15.9. The van der Waals surface area contributed by atoms with E-state index in [-0.39, 0.29) is 0 Å². The third-order valence-electron chi connectivity index (χ3n) is 4.75. The van der Waals surface area contributed by atoms with E-state index in [1.807, 2.05) is 25.1 Å². The van der Waals surface area contributed by atoms with Crippen LogP contribution in [-0.2, 0) is 6.54 Å². The lowest BCUT2D eigenvalue weighted by atomic mass is 10.1. The fourth-order valence-corrected chi connectivity index (χ4v) is 3.56. The van der Waals surface area contributed by atoms with Crippen LogP contribution in [0.3, 0.4) is 0 Å². The van der Waals surface area contributed by atoms with Crippen LogP contribution in [0.5, 0.6) is 0 Å². The number of hydrogen-bond acceptors (Lipinski definition) is 5. The molecule has 1 aliphatic rings. The van der Waals surface area contributed by atoms with Crippen molar-refractivity contribution >= 4 is 28.3 Å². The predicted molar refractivity (Wildman–Crippen MR) is 100 cm³/mol. The molecule has 3 aromatic rings. The predicted octanol–water partition coefficient (Wildman–Crippen LogP) is 3.82. The lowest BCUT2D eigenvalue weighted by molar-refractivity contribution is 0.241. The largest absolute Gasteiger partial charge is 0.361 e. The van der Waals surface area contributed by atoms with E-state index in [0.717, 1.165) is 71.5 Å². The maximum atomic E-state index is 6.29. The van der Waals surface area contributed by atoms with Crippen molar-refractivity contribution < 1.29 is 4.52 Å². The Hall–Kier alpha value is -2.11. The molecule has 25 heavy (non-hydrogen) atoms. The molecule has 1 aromatic carbocycles. The summed E-state index contributed by atoms with van der Waals surface area (Å²) in [6.45, 7) is 8.72. The van der Waals surface area contributed by atoms with Gasteiger partial charge in [0, 0.05) is 49.2 Å². The zero-order valence-corrected chi connectivity index (χ0v) is 15.3. The summed E-state index contributed by atoms with van der Waals surface area (Å²) >= 11 is 6.29. The number of aryl methyl sites for hydroxylation is 2. The number of pyridine rings is 1. The average Bonchev–Trinajstić information content (AvgIpc) is 3.03. The second-order valence-corrected chi connectivity index (χ2v) is 7.03. The molecule has 3 heterocycles. The molecule has 0 atom stereocenters. The van der Waals surface area contributed by atoms with Crippen LogP contribution in [0.4, 0.5) is 5.82 Å². The van der Waals surface area contributed by atoms with E-state index in [0.29, 0.717) is 0 Å². The number of hydrogen-bond donors (Lipinski definition) is 0. The molecule has 0 amide bonds. The molecule has 0 N–H and O–H groups in total. The van der Waals surface area contributed by atoms with E-state index in [4.69, 9.17) is 21.1 Å². The highest BCUT2D eigenvalue weighted by atomic mass is 35.5. The smallest absolute Gasteiger partial charge is 0.133 e. The van der Waals surface area contributed by atoms with Gasteiger partial charge in [-0.1, -0.05) is 22.8 Å². The van der Waals surface area contributed by atoms with E-state index >= 15 is 0 Å². The summed E-state index contributed by atoms with van der Waals surface area (Å²) in [6, 6.07) is 10.1. The minimum Gasteiger partial charge on any atom is -0.361 e. The Kier molecular flexibility index (Phi) is 4.36. The van der Waals surface area contributed by atoms with Crippen molar-refractivity contribution in [3.8, 4) is 0 Å². The highest BCUT2D eigenvalue weighted by molar-refractivity contribution is 6.35. The van der Waals surface area contributed by atoms with Gasteiger partial charge in [-0.25, -0.2) is 4.98 Å². The van der Waals surface area contributed by atoms with E-state index in [1.54, 1.807) is 0 Å². The number of benzene rings is 1. The SMILES string of the molecule is Cc1cc(CN2CCN(c3ccc4c(Cl)ccc(C)c4n3)CC2)no1. The molecule has 6 heteroatoms. The number of piperazine rings is 1. The minimum absolute atomic E-state index is 0.757. The lowest BCUT2D eigenvalue weighted by Gasteiger charge is -2.35. The Labute approximate surface area is 152 Å². The summed E-state index contributed by atoms with van der Waals surface area (Å²) in [4.78, 5) is 9.60. The first-order chi connectivity index (χ1) is 12.1. The van der Waals surface area contributed by atoms with Crippen molar-refractivity contribution in [1.82, 2.24) is 15.0 Å². The third-order valence-corrected chi connectivity index (χ3v) is 5.08. The first-order valence-electron chi connectivity index (χ1n) is 8.55. The van der Waals surface area contributed by atoms with Crippen LogP contribution >= 0.6 is 11.6 Å². The molecule has 4 rings (SSSR count). The van der Waals surface area contributed by atoms with Gasteiger partial charge in [0.2, 0.25) is 0 Å². The van der Waals surface area contributed by atoms with Gasteiger partial charge in [-0.2, -0.15) is 0 Å². The summed E-state index contributed by atoms with van der Waals surface area (Å²) in [5.74, 6) is 1.89. The highest BCUT2D eigenvalue weighted by Crippen LogP contribution is 2.27. The maximum Gasteiger partial charge on any atom is 0.133 e. The van der Waals surface area contributed by atoms with Gasteiger partial charge >= 0.3 is 0 Å². The summed E-state index contributed by atoms with van der Waals surface area (Å²) in [6.07, 6.45) is 0. The van der Waals surface area contributed by atoms with E-state index < -0.39 is 0 Å². The summed E-state index contributed by atoms with van der Waals surface area (Å²) in [5, 5.41) is 5.86. The van der Waals surface area contributed by atoms with Crippen LogP contribution in [0, 0.1) is 13.8 Å². The molecule has 0 radical (unpaired) electrons. The molecule has 0 unspecified atom stereocenters. The Morgan fingerprint density at radius 1 is 1.08 bits per heavy atom. The molecule has 1 fully saturated rings. The number of anilines is 1. The summed E-state index contributed by atoms with van der Waals surface area (Å²) < 4.78 is 5.15. The maximum absolute atomic E-state index is 6.29. The van der Waals surface area contributed by atoms with E-state index in [2.05, 4.69) is 34.0 Å². The van der Waals surface area contributed by atoms with Gasteiger partial charge in [0.25, 0.3) is 0 Å². The van der Waals surface area contributed by atoms with Crippen molar-refractivity contribution in [2.24, 2.45) is 0 Å². The Balaban J connectivity index is 1.47. The first kappa shape index (κ1) is 16.4. The van der Waals surface area contributed by atoms with Crippen LogP contribution in [0.25, 0.3) is 10.9 Å². The van der Waals surface area contributed by atoms with Crippen molar-refractivity contribution in [3.63, 3.8) is 0 Å². The molecule has 1 saturated heterocycles. The third kappa shape index (κ3) is 3.34. The quantitative estimate of drug-likeness (QED) is 0.714. The Morgan fingerprint density at radius 2 is 1.88 bits per heavy atom. The van der Waals surface area contributed by atoms with Crippen LogP contribution < -0.4 is 4.90 Å². The second-order valence-electron chi connectivity index (χ2n) is 6.62. The van der Waals surface area contributed by atoms with Gasteiger partial charge in [0.05, 0.1) is 11.2 Å². The molecular formula is C19H21ClN4O. The number of rotatable bonds is 3. The molecule has 130 valence electrons. The monoisotopic (exact) mass is 356 g/mol. The zero-order valence-electron chi connectivity index (χ0n) is 14.5. The van der Waals surface area contributed by atoms with Crippen molar-refractivity contribution in [3.05, 3.63) is 52.4 Å². The number of fused-ring (bicyclic) bond motifs is 1. The van der Waals surface area contributed by atoms with E-state index in [1.165, 1.54) is 0 Å². The summed E-state index contributed by atoms with van der Waals surface area (Å²) in [5.41, 5.74) is 3.15. The Morgan fingerprint density at radius 3 is 2.60 bits per heavy atom.